The fourth-order valence-electron chi connectivity index (χ4n) is 2.40. The lowest BCUT2D eigenvalue weighted by Crippen LogP contribution is -1.95. The van der Waals surface area contributed by atoms with Gasteiger partial charge in [0, 0.05) is 17.8 Å². The molecule has 0 fully saturated rings. The van der Waals surface area contributed by atoms with Crippen LogP contribution in [-0.4, -0.2) is 14.6 Å². The molecule has 3 nitrogen and oxygen atoms in total. The van der Waals surface area contributed by atoms with Crippen LogP contribution in [0.15, 0.2) is 67.0 Å². The molecule has 2 aromatic heterocycles. The second-order valence-corrected chi connectivity index (χ2v) is 4.49. The van der Waals surface area contributed by atoms with Crippen molar-refractivity contribution in [1.29, 1.82) is 0 Å². The van der Waals surface area contributed by atoms with Gasteiger partial charge in [-0.1, -0.05) is 36.4 Å². The minimum Gasteiger partial charge on any atom is -0.237 e. The van der Waals surface area contributed by atoms with Crippen molar-refractivity contribution in [1.82, 2.24) is 14.6 Å². The highest BCUT2D eigenvalue weighted by molar-refractivity contribution is 5.86. The van der Waals surface area contributed by atoms with Crippen LogP contribution in [0.4, 0.5) is 0 Å². The van der Waals surface area contributed by atoms with E-state index in [1.165, 1.54) is 10.8 Å². The van der Waals surface area contributed by atoms with E-state index in [1.807, 2.05) is 22.8 Å². The Morgan fingerprint density at radius 2 is 1.68 bits per heavy atom. The molecule has 0 saturated heterocycles. The van der Waals surface area contributed by atoms with Gasteiger partial charge < -0.3 is 0 Å². The molecule has 0 amide bonds. The first-order valence-corrected chi connectivity index (χ1v) is 6.20. The fraction of sp³-hybridized carbons (Fsp3) is 0. The summed E-state index contributed by atoms with van der Waals surface area (Å²) >= 11 is 0. The lowest BCUT2D eigenvalue weighted by Gasteiger charge is -2.06. The van der Waals surface area contributed by atoms with Gasteiger partial charge >= 0.3 is 0 Å². The van der Waals surface area contributed by atoms with Gasteiger partial charge in [-0.3, -0.25) is 0 Å². The number of fused-ring (bicyclic) bond motifs is 2. The van der Waals surface area contributed by atoms with Gasteiger partial charge in [-0.05, 0) is 22.9 Å². The fourth-order valence-corrected chi connectivity index (χ4v) is 2.40. The maximum Gasteiger partial charge on any atom is 0.155 e. The molecule has 3 heteroatoms. The Balaban J connectivity index is 2.01. The monoisotopic (exact) mass is 245 g/mol. The second-order valence-electron chi connectivity index (χ2n) is 4.49. The number of nitrogens with zero attached hydrogens (tertiary/aromatic N) is 3. The minimum atomic E-state index is 0.866. The van der Waals surface area contributed by atoms with Crippen LogP contribution in [0.1, 0.15) is 0 Å². The topological polar surface area (TPSA) is 30.2 Å². The zero-order valence-electron chi connectivity index (χ0n) is 10.2. The van der Waals surface area contributed by atoms with E-state index in [0.29, 0.717) is 0 Å². The molecule has 0 atom stereocenters. The van der Waals surface area contributed by atoms with Crippen LogP contribution in [-0.2, 0) is 0 Å². The molecule has 2 heterocycles. The number of rotatable bonds is 1. The van der Waals surface area contributed by atoms with E-state index in [2.05, 4.69) is 52.5 Å². The molecule has 0 aliphatic heterocycles. The van der Waals surface area contributed by atoms with Crippen LogP contribution in [0.3, 0.4) is 0 Å². The summed E-state index contributed by atoms with van der Waals surface area (Å²) < 4.78 is 1.87. The van der Waals surface area contributed by atoms with Gasteiger partial charge in [0.2, 0.25) is 0 Å². The van der Waals surface area contributed by atoms with Gasteiger partial charge in [0.15, 0.2) is 5.65 Å². The van der Waals surface area contributed by atoms with Crippen molar-refractivity contribution in [3.63, 3.8) is 0 Å². The smallest absolute Gasteiger partial charge is 0.155 e. The summed E-state index contributed by atoms with van der Waals surface area (Å²) in [6.07, 6.45) is 3.59. The summed E-state index contributed by atoms with van der Waals surface area (Å²) in [6, 6.07) is 18.7. The van der Waals surface area contributed by atoms with Gasteiger partial charge in [0.1, 0.15) is 0 Å². The Morgan fingerprint density at radius 3 is 2.63 bits per heavy atom. The van der Waals surface area contributed by atoms with Gasteiger partial charge in [0.05, 0.1) is 11.9 Å². The SMILES string of the molecule is c1ccc2cc(-c3ccnc4ccnn34)ccc2c1. The van der Waals surface area contributed by atoms with E-state index >= 15 is 0 Å². The molecule has 19 heavy (non-hydrogen) atoms. The summed E-state index contributed by atoms with van der Waals surface area (Å²) in [5, 5.41) is 6.81. The molecular formula is C16H11N3. The average Bonchev–Trinajstić information content (AvgIpc) is 2.95. The van der Waals surface area contributed by atoms with E-state index in [1.54, 1.807) is 6.20 Å². The minimum absolute atomic E-state index is 0.866. The van der Waals surface area contributed by atoms with Crippen molar-refractivity contribution in [3.05, 3.63) is 67.0 Å². The number of aromatic nitrogens is 3. The van der Waals surface area contributed by atoms with Gasteiger partial charge in [-0.15, -0.1) is 0 Å². The predicted molar refractivity (Wildman–Crippen MR) is 75.9 cm³/mol. The highest BCUT2D eigenvalue weighted by Crippen LogP contribution is 2.24. The molecule has 0 aliphatic carbocycles. The normalized spacial score (nSPS) is 11.2. The summed E-state index contributed by atoms with van der Waals surface area (Å²) in [6.45, 7) is 0. The van der Waals surface area contributed by atoms with Crippen molar-refractivity contribution in [3.8, 4) is 11.3 Å². The first-order valence-electron chi connectivity index (χ1n) is 6.20. The molecule has 0 unspecified atom stereocenters. The van der Waals surface area contributed by atoms with E-state index in [-0.39, 0.29) is 0 Å². The number of benzene rings is 2. The highest BCUT2D eigenvalue weighted by atomic mass is 15.2. The molecule has 4 aromatic rings. The lowest BCUT2D eigenvalue weighted by molar-refractivity contribution is 0.948. The molecule has 0 bridgehead atoms. The van der Waals surface area contributed by atoms with E-state index < -0.39 is 0 Å². The Bertz CT molecular complexity index is 877. The van der Waals surface area contributed by atoms with E-state index in [0.717, 1.165) is 16.9 Å². The third-order valence-electron chi connectivity index (χ3n) is 3.34. The average molecular weight is 245 g/mol. The van der Waals surface area contributed by atoms with Gasteiger partial charge in [-0.25, -0.2) is 9.50 Å². The summed E-state index contributed by atoms with van der Waals surface area (Å²) in [4.78, 5) is 4.29. The summed E-state index contributed by atoms with van der Waals surface area (Å²) in [5.41, 5.74) is 3.07. The molecule has 2 aromatic carbocycles. The van der Waals surface area contributed by atoms with Crippen molar-refractivity contribution in [2.24, 2.45) is 0 Å². The Morgan fingerprint density at radius 1 is 0.789 bits per heavy atom. The van der Waals surface area contributed by atoms with Crippen molar-refractivity contribution in [2.45, 2.75) is 0 Å². The third-order valence-corrected chi connectivity index (χ3v) is 3.34. The standard InChI is InChI=1S/C16H11N3/c1-2-4-13-11-14(6-5-12(13)3-1)15-7-9-17-16-8-10-18-19(15)16/h1-11H. The summed E-state index contributed by atoms with van der Waals surface area (Å²) in [7, 11) is 0. The highest BCUT2D eigenvalue weighted by Gasteiger charge is 2.05. The van der Waals surface area contributed by atoms with Crippen LogP contribution in [0.25, 0.3) is 27.7 Å². The Labute approximate surface area is 110 Å². The lowest BCUT2D eigenvalue weighted by atomic mass is 10.1. The van der Waals surface area contributed by atoms with Gasteiger partial charge in [-0.2, -0.15) is 5.10 Å². The van der Waals surface area contributed by atoms with Crippen LogP contribution in [0.2, 0.25) is 0 Å². The molecular weight excluding hydrogens is 234 g/mol. The summed E-state index contributed by atoms with van der Waals surface area (Å²) in [5.74, 6) is 0. The molecule has 0 aliphatic rings. The third kappa shape index (κ3) is 1.59. The van der Waals surface area contributed by atoms with Crippen molar-refractivity contribution >= 4 is 16.4 Å². The Hall–Kier alpha value is -2.68. The predicted octanol–water partition coefficient (Wildman–Crippen LogP) is 3.55. The Kier molecular flexibility index (Phi) is 2.12. The van der Waals surface area contributed by atoms with Crippen molar-refractivity contribution < 1.29 is 0 Å². The molecule has 4 rings (SSSR count). The van der Waals surface area contributed by atoms with Crippen LogP contribution >= 0.6 is 0 Å². The molecule has 0 N–H and O–H groups in total. The molecule has 0 radical (unpaired) electrons. The molecule has 90 valence electrons. The van der Waals surface area contributed by atoms with E-state index in [9.17, 15) is 0 Å². The van der Waals surface area contributed by atoms with Crippen LogP contribution in [0, 0.1) is 0 Å². The van der Waals surface area contributed by atoms with Crippen LogP contribution < -0.4 is 0 Å². The second kappa shape index (κ2) is 3.92. The van der Waals surface area contributed by atoms with Crippen molar-refractivity contribution in [2.75, 3.05) is 0 Å². The molecule has 0 saturated carbocycles. The quantitative estimate of drug-likeness (QED) is 0.513. The number of hydrogen-bond acceptors (Lipinski definition) is 2. The van der Waals surface area contributed by atoms with Crippen LogP contribution in [0.5, 0.6) is 0 Å². The maximum absolute atomic E-state index is 4.33. The largest absolute Gasteiger partial charge is 0.237 e. The first-order chi connectivity index (χ1) is 9.42. The van der Waals surface area contributed by atoms with Gasteiger partial charge in [0.25, 0.3) is 0 Å². The van der Waals surface area contributed by atoms with E-state index in [4.69, 9.17) is 0 Å². The first kappa shape index (κ1) is 10.3. The molecule has 0 spiro atoms. The zero-order chi connectivity index (χ0) is 12.7. The maximum atomic E-state index is 4.33. The number of hydrogen-bond donors (Lipinski definition) is 0. The zero-order valence-corrected chi connectivity index (χ0v) is 10.2.